The summed E-state index contributed by atoms with van der Waals surface area (Å²) < 4.78 is 4.87. The number of aromatic nitrogens is 1. The van der Waals surface area contributed by atoms with E-state index in [0.717, 1.165) is 6.41 Å². The first-order valence-corrected chi connectivity index (χ1v) is 7.37. The van der Waals surface area contributed by atoms with Crippen LogP contribution >= 0.6 is 0 Å². The molecule has 0 spiro atoms. The van der Waals surface area contributed by atoms with Crippen molar-refractivity contribution in [1.82, 2.24) is 20.1 Å². The second kappa shape index (κ2) is 8.23. The normalized spacial score (nSPS) is 14.5. The summed E-state index contributed by atoms with van der Waals surface area (Å²) in [5.41, 5.74) is 0.606. The third-order valence-electron chi connectivity index (χ3n) is 3.58. The first-order chi connectivity index (χ1) is 11.2. The third-order valence-corrected chi connectivity index (χ3v) is 3.58. The van der Waals surface area contributed by atoms with Gasteiger partial charge in [0, 0.05) is 51.6 Å². The van der Waals surface area contributed by atoms with Gasteiger partial charge in [0.05, 0.1) is 6.61 Å². The number of nitrogens with one attached hydrogen (secondary N) is 1. The number of pyridine rings is 1. The summed E-state index contributed by atoms with van der Waals surface area (Å²) in [5.74, 6) is -0.508. The van der Waals surface area contributed by atoms with Crippen LogP contribution in [-0.4, -0.2) is 79.4 Å². The van der Waals surface area contributed by atoms with Crippen LogP contribution in [0.5, 0.6) is 0 Å². The number of carbonyl (C=O) groups is 3. The zero-order chi connectivity index (χ0) is 16.7. The molecule has 1 aromatic heterocycles. The number of carbonyl (C=O) groups excluding carboxylic acids is 3. The highest BCUT2D eigenvalue weighted by molar-refractivity contribution is 5.98. The summed E-state index contributed by atoms with van der Waals surface area (Å²) in [6.45, 7) is 2.75. The van der Waals surface area contributed by atoms with E-state index in [2.05, 4.69) is 10.3 Å². The second-order valence-electron chi connectivity index (χ2n) is 5.11. The largest absolute Gasteiger partial charge is 0.383 e. The molecular formula is C15H20N4O4. The van der Waals surface area contributed by atoms with Crippen LogP contribution in [0.15, 0.2) is 18.3 Å². The standard InChI is InChI=1S/C15H20N4O4/c1-23-9-4-17-14(21)12-2-3-16-13(10-12)15(22)19-7-5-18(11-20)6-8-19/h2-3,10-11H,4-9H2,1H3,(H,17,21). The van der Waals surface area contributed by atoms with Crippen molar-refractivity contribution in [2.75, 3.05) is 46.4 Å². The average molecular weight is 320 g/mol. The fourth-order valence-electron chi connectivity index (χ4n) is 2.25. The van der Waals surface area contributed by atoms with Crippen LogP contribution in [0.25, 0.3) is 0 Å². The van der Waals surface area contributed by atoms with Gasteiger partial charge in [0.25, 0.3) is 11.8 Å². The Morgan fingerprint density at radius 1 is 1.35 bits per heavy atom. The van der Waals surface area contributed by atoms with Gasteiger partial charge in [-0.3, -0.25) is 19.4 Å². The number of rotatable bonds is 6. The Hall–Kier alpha value is -2.48. The molecule has 8 nitrogen and oxygen atoms in total. The number of ether oxygens (including phenoxy) is 1. The van der Waals surface area contributed by atoms with E-state index in [0.29, 0.717) is 44.9 Å². The minimum absolute atomic E-state index is 0.226. The molecule has 124 valence electrons. The maximum absolute atomic E-state index is 12.4. The molecule has 1 N–H and O–H groups in total. The summed E-state index contributed by atoms with van der Waals surface area (Å²) in [7, 11) is 1.56. The maximum atomic E-state index is 12.4. The number of amides is 3. The first kappa shape index (κ1) is 16.9. The van der Waals surface area contributed by atoms with Crippen molar-refractivity contribution in [3.8, 4) is 0 Å². The van der Waals surface area contributed by atoms with Gasteiger partial charge in [-0.2, -0.15) is 0 Å². The Balaban J connectivity index is 2.00. The molecular weight excluding hydrogens is 300 g/mol. The summed E-state index contributed by atoms with van der Waals surface area (Å²) >= 11 is 0. The van der Waals surface area contributed by atoms with E-state index in [1.165, 1.54) is 12.3 Å². The van der Waals surface area contributed by atoms with Crippen molar-refractivity contribution in [2.45, 2.75) is 0 Å². The molecule has 0 aromatic carbocycles. The Morgan fingerprint density at radius 3 is 2.74 bits per heavy atom. The molecule has 0 radical (unpaired) electrons. The summed E-state index contributed by atoms with van der Waals surface area (Å²) in [4.78, 5) is 42.4. The number of nitrogens with zero attached hydrogens (tertiary/aromatic N) is 3. The Kier molecular flexibility index (Phi) is 6.04. The molecule has 3 amide bonds. The first-order valence-electron chi connectivity index (χ1n) is 7.37. The van der Waals surface area contributed by atoms with Crippen LogP contribution in [0.4, 0.5) is 0 Å². The Labute approximate surface area is 134 Å². The van der Waals surface area contributed by atoms with Crippen molar-refractivity contribution >= 4 is 18.2 Å². The quantitative estimate of drug-likeness (QED) is 0.557. The highest BCUT2D eigenvalue weighted by Crippen LogP contribution is 2.08. The fourth-order valence-corrected chi connectivity index (χ4v) is 2.25. The highest BCUT2D eigenvalue weighted by atomic mass is 16.5. The zero-order valence-corrected chi connectivity index (χ0v) is 13.0. The van der Waals surface area contributed by atoms with Crippen molar-refractivity contribution in [1.29, 1.82) is 0 Å². The van der Waals surface area contributed by atoms with Crippen LogP contribution in [-0.2, 0) is 9.53 Å². The highest BCUT2D eigenvalue weighted by Gasteiger charge is 2.22. The van der Waals surface area contributed by atoms with Crippen LogP contribution in [0.3, 0.4) is 0 Å². The molecule has 0 bridgehead atoms. The molecule has 1 fully saturated rings. The monoisotopic (exact) mass is 320 g/mol. The number of methoxy groups -OCH3 is 1. The molecule has 0 atom stereocenters. The van der Waals surface area contributed by atoms with Crippen molar-refractivity contribution < 1.29 is 19.1 Å². The number of piperazine rings is 1. The lowest BCUT2D eigenvalue weighted by Gasteiger charge is -2.32. The van der Waals surface area contributed by atoms with Crippen LogP contribution in [0.2, 0.25) is 0 Å². The van der Waals surface area contributed by atoms with Gasteiger partial charge < -0.3 is 19.9 Å². The van der Waals surface area contributed by atoms with Crippen LogP contribution in [0, 0.1) is 0 Å². The van der Waals surface area contributed by atoms with E-state index in [4.69, 9.17) is 4.74 Å². The fraction of sp³-hybridized carbons (Fsp3) is 0.467. The molecule has 0 saturated carbocycles. The predicted molar refractivity (Wildman–Crippen MR) is 82.0 cm³/mol. The Bertz CT molecular complexity index is 570. The molecule has 1 aromatic rings. The van der Waals surface area contributed by atoms with Crippen LogP contribution < -0.4 is 5.32 Å². The lowest BCUT2D eigenvalue weighted by Crippen LogP contribution is -2.48. The van der Waals surface area contributed by atoms with E-state index in [1.54, 1.807) is 23.0 Å². The minimum Gasteiger partial charge on any atom is -0.383 e. The molecule has 1 saturated heterocycles. The van der Waals surface area contributed by atoms with Crippen molar-refractivity contribution in [3.63, 3.8) is 0 Å². The van der Waals surface area contributed by atoms with Gasteiger partial charge in [0.15, 0.2) is 0 Å². The van der Waals surface area contributed by atoms with Gasteiger partial charge in [-0.05, 0) is 12.1 Å². The van der Waals surface area contributed by atoms with Gasteiger partial charge >= 0.3 is 0 Å². The molecule has 1 aliphatic heterocycles. The summed E-state index contributed by atoms with van der Waals surface area (Å²) in [6, 6.07) is 3.04. The summed E-state index contributed by atoms with van der Waals surface area (Å²) in [6.07, 6.45) is 2.23. The van der Waals surface area contributed by atoms with Gasteiger partial charge in [0.1, 0.15) is 5.69 Å². The van der Waals surface area contributed by atoms with Gasteiger partial charge in [-0.25, -0.2) is 0 Å². The second-order valence-corrected chi connectivity index (χ2v) is 5.11. The molecule has 8 heteroatoms. The lowest BCUT2D eigenvalue weighted by atomic mass is 10.2. The van der Waals surface area contributed by atoms with Gasteiger partial charge in [0.2, 0.25) is 6.41 Å². The number of hydrogen-bond donors (Lipinski definition) is 1. The van der Waals surface area contributed by atoms with E-state index >= 15 is 0 Å². The topological polar surface area (TPSA) is 91.8 Å². The lowest BCUT2D eigenvalue weighted by molar-refractivity contribution is -0.119. The smallest absolute Gasteiger partial charge is 0.272 e. The predicted octanol–water partition coefficient (Wildman–Crippen LogP) is -0.628. The molecule has 0 aliphatic carbocycles. The third kappa shape index (κ3) is 4.49. The van der Waals surface area contributed by atoms with E-state index in [9.17, 15) is 14.4 Å². The van der Waals surface area contributed by atoms with Gasteiger partial charge in [-0.1, -0.05) is 0 Å². The van der Waals surface area contributed by atoms with E-state index in [-0.39, 0.29) is 17.5 Å². The van der Waals surface area contributed by atoms with E-state index < -0.39 is 0 Å². The van der Waals surface area contributed by atoms with Crippen LogP contribution in [0.1, 0.15) is 20.8 Å². The molecule has 0 unspecified atom stereocenters. The molecule has 23 heavy (non-hydrogen) atoms. The molecule has 2 rings (SSSR count). The van der Waals surface area contributed by atoms with E-state index in [1.807, 2.05) is 0 Å². The van der Waals surface area contributed by atoms with Crippen molar-refractivity contribution in [3.05, 3.63) is 29.6 Å². The molecule has 2 heterocycles. The summed E-state index contributed by atoms with van der Waals surface area (Å²) in [5, 5.41) is 2.70. The number of hydrogen-bond acceptors (Lipinski definition) is 5. The van der Waals surface area contributed by atoms with Crippen molar-refractivity contribution in [2.24, 2.45) is 0 Å². The van der Waals surface area contributed by atoms with Gasteiger partial charge in [-0.15, -0.1) is 0 Å². The zero-order valence-electron chi connectivity index (χ0n) is 13.0. The Morgan fingerprint density at radius 2 is 2.09 bits per heavy atom. The molecule has 1 aliphatic rings. The SMILES string of the molecule is COCCNC(=O)c1ccnc(C(=O)N2CCN(C=O)CC2)c1. The maximum Gasteiger partial charge on any atom is 0.272 e. The average Bonchev–Trinajstić information content (AvgIpc) is 2.61. The minimum atomic E-state index is -0.274.